The smallest absolute Gasteiger partial charge is 0.134 e. The molecular formula is C15H22N2O. The molecule has 0 spiro atoms. The first-order valence-electron chi connectivity index (χ1n) is 6.49. The van der Waals surface area contributed by atoms with E-state index in [1.807, 2.05) is 18.2 Å². The molecule has 3 nitrogen and oxygen atoms in total. The average Bonchev–Trinajstić information content (AvgIpc) is 2.64. The Morgan fingerprint density at radius 1 is 1.28 bits per heavy atom. The third kappa shape index (κ3) is 2.74. The fourth-order valence-corrected chi connectivity index (χ4v) is 2.43. The highest BCUT2D eigenvalue weighted by molar-refractivity contribution is 5.82. The Balaban J connectivity index is 2.27. The normalized spacial score (nSPS) is 11.9. The van der Waals surface area contributed by atoms with Crippen molar-refractivity contribution >= 4 is 11.0 Å². The summed E-state index contributed by atoms with van der Waals surface area (Å²) >= 11 is 0. The summed E-state index contributed by atoms with van der Waals surface area (Å²) in [6.07, 6.45) is 0. The molecule has 98 valence electrons. The van der Waals surface area contributed by atoms with Crippen molar-refractivity contribution in [2.24, 2.45) is 11.7 Å². The molecule has 18 heavy (non-hydrogen) atoms. The summed E-state index contributed by atoms with van der Waals surface area (Å²) in [7, 11) is 2.12. The number of hydrogen-bond acceptors (Lipinski definition) is 3. The molecule has 1 aromatic heterocycles. The molecule has 0 saturated heterocycles. The van der Waals surface area contributed by atoms with E-state index in [2.05, 4.69) is 31.9 Å². The van der Waals surface area contributed by atoms with E-state index < -0.39 is 0 Å². The monoisotopic (exact) mass is 246 g/mol. The molecule has 0 aliphatic heterocycles. The summed E-state index contributed by atoms with van der Waals surface area (Å²) in [5, 5.41) is 1.15. The van der Waals surface area contributed by atoms with Crippen molar-refractivity contribution in [3.05, 3.63) is 35.6 Å². The standard InChI is InChI=1S/C15H22N2O/c1-11(2)9-17(3)10-15-13(8-16)12-6-4-5-7-14(12)18-15/h4-7,11H,8-10,16H2,1-3H3. The lowest BCUT2D eigenvalue weighted by molar-refractivity contribution is 0.266. The molecule has 0 fully saturated rings. The van der Waals surface area contributed by atoms with Crippen molar-refractivity contribution < 1.29 is 4.42 Å². The molecule has 1 heterocycles. The van der Waals surface area contributed by atoms with Crippen molar-refractivity contribution in [2.45, 2.75) is 26.9 Å². The maximum Gasteiger partial charge on any atom is 0.134 e. The van der Waals surface area contributed by atoms with Gasteiger partial charge in [-0.3, -0.25) is 4.90 Å². The van der Waals surface area contributed by atoms with Gasteiger partial charge in [-0.15, -0.1) is 0 Å². The average molecular weight is 246 g/mol. The highest BCUT2D eigenvalue weighted by Gasteiger charge is 2.14. The molecule has 0 amide bonds. The molecule has 1 aromatic carbocycles. The zero-order chi connectivity index (χ0) is 13.1. The van der Waals surface area contributed by atoms with Crippen LogP contribution in [0.5, 0.6) is 0 Å². The van der Waals surface area contributed by atoms with Crippen LogP contribution in [0.1, 0.15) is 25.2 Å². The number of hydrogen-bond donors (Lipinski definition) is 1. The van der Waals surface area contributed by atoms with E-state index in [1.165, 1.54) is 0 Å². The van der Waals surface area contributed by atoms with E-state index in [1.54, 1.807) is 0 Å². The molecule has 0 bridgehead atoms. The number of benzene rings is 1. The van der Waals surface area contributed by atoms with Gasteiger partial charge in [0.15, 0.2) is 0 Å². The first-order valence-corrected chi connectivity index (χ1v) is 6.49. The minimum atomic E-state index is 0.530. The number of nitrogens with zero attached hydrogens (tertiary/aromatic N) is 1. The SMILES string of the molecule is CC(C)CN(C)Cc1oc2ccccc2c1CN. The second-order valence-corrected chi connectivity index (χ2v) is 5.29. The molecule has 3 heteroatoms. The predicted molar refractivity (Wildman–Crippen MR) is 75.3 cm³/mol. The van der Waals surface area contributed by atoms with Gasteiger partial charge in [0.1, 0.15) is 11.3 Å². The van der Waals surface area contributed by atoms with Crippen LogP contribution in [0.3, 0.4) is 0 Å². The van der Waals surface area contributed by atoms with Crippen LogP contribution in [-0.4, -0.2) is 18.5 Å². The van der Waals surface area contributed by atoms with E-state index in [-0.39, 0.29) is 0 Å². The lowest BCUT2D eigenvalue weighted by atomic mass is 10.1. The van der Waals surface area contributed by atoms with Crippen LogP contribution in [0.2, 0.25) is 0 Å². The minimum Gasteiger partial charge on any atom is -0.459 e. The van der Waals surface area contributed by atoms with Gasteiger partial charge in [0.05, 0.1) is 6.54 Å². The van der Waals surface area contributed by atoms with Crippen molar-refractivity contribution in [1.29, 1.82) is 0 Å². The van der Waals surface area contributed by atoms with Crippen molar-refractivity contribution in [1.82, 2.24) is 4.90 Å². The Bertz CT molecular complexity index is 516. The van der Waals surface area contributed by atoms with E-state index in [9.17, 15) is 0 Å². The zero-order valence-corrected chi connectivity index (χ0v) is 11.4. The van der Waals surface area contributed by atoms with Gasteiger partial charge in [0.25, 0.3) is 0 Å². The van der Waals surface area contributed by atoms with Crippen molar-refractivity contribution in [3.63, 3.8) is 0 Å². The second kappa shape index (κ2) is 5.55. The highest BCUT2D eigenvalue weighted by atomic mass is 16.3. The van der Waals surface area contributed by atoms with Crippen LogP contribution >= 0.6 is 0 Å². The minimum absolute atomic E-state index is 0.530. The topological polar surface area (TPSA) is 42.4 Å². The largest absolute Gasteiger partial charge is 0.459 e. The van der Waals surface area contributed by atoms with Gasteiger partial charge in [-0.2, -0.15) is 0 Å². The molecule has 0 saturated carbocycles. The Morgan fingerprint density at radius 2 is 2.00 bits per heavy atom. The van der Waals surface area contributed by atoms with E-state index in [0.717, 1.165) is 35.4 Å². The Morgan fingerprint density at radius 3 is 2.67 bits per heavy atom. The molecule has 0 unspecified atom stereocenters. The van der Waals surface area contributed by atoms with Gasteiger partial charge in [0.2, 0.25) is 0 Å². The second-order valence-electron chi connectivity index (χ2n) is 5.29. The van der Waals surface area contributed by atoms with Gasteiger partial charge in [0, 0.05) is 24.0 Å². The third-order valence-electron chi connectivity index (χ3n) is 3.08. The highest BCUT2D eigenvalue weighted by Crippen LogP contribution is 2.26. The summed E-state index contributed by atoms with van der Waals surface area (Å²) < 4.78 is 5.92. The molecule has 0 atom stereocenters. The number of furan rings is 1. The molecule has 0 aliphatic rings. The maximum absolute atomic E-state index is 5.92. The summed E-state index contributed by atoms with van der Waals surface area (Å²) in [5.41, 5.74) is 7.94. The molecule has 0 radical (unpaired) electrons. The molecular weight excluding hydrogens is 224 g/mol. The van der Waals surface area contributed by atoms with E-state index >= 15 is 0 Å². The maximum atomic E-state index is 5.92. The van der Waals surface area contributed by atoms with E-state index in [0.29, 0.717) is 12.5 Å². The fourth-order valence-electron chi connectivity index (χ4n) is 2.43. The van der Waals surface area contributed by atoms with Crippen LogP contribution < -0.4 is 5.73 Å². The first kappa shape index (κ1) is 13.1. The Hall–Kier alpha value is -1.32. The zero-order valence-electron chi connectivity index (χ0n) is 11.4. The van der Waals surface area contributed by atoms with Crippen molar-refractivity contribution in [3.8, 4) is 0 Å². The van der Waals surface area contributed by atoms with Gasteiger partial charge >= 0.3 is 0 Å². The molecule has 2 N–H and O–H groups in total. The van der Waals surface area contributed by atoms with Crippen LogP contribution in [0, 0.1) is 5.92 Å². The molecule has 2 rings (SSSR count). The van der Waals surface area contributed by atoms with Crippen LogP contribution in [0.4, 0.5) is 0 Å². The quantitative estimate of drug-likeness (QED) is 0.882. The first-order chi connectivity index (χ1) is 8.61. The lowest BCUT2D eigenvalue weighted by Crippen LogP contribution is -2.23. The summed E-state index contributed by atoms with van der Waals surface area (Å²) in [6, 6.07) is 8.10. The number of rotatable bonds is 5. The Kier molecular flexibility index (Phi) is 4.04. The molecule has 2 aromatic rings. The van der Waals surface area contributed by atoms with Gasteiger partial charge in [-0.1, -0.05) is 32.0 Å². The van der Waals surface area contributed by atoms with E-state index in [4.69, 9.17) is 10.2 Å². The summed E-state index contributed by atoms with van der Waals surface area (Å²) in [5.74, 6) is 1.66. The van der Waals surface area contributed by atoms with Crippen LogP contribution in [0.15, 0.2) is 28.7 Å². The van der Waals surface area contributed by atoms with Crippen LogP contribution in [-0.2, 0) is 13.1 Å². The van der Waals surface area contributed by atoms with Crippen LogP contribution in [0.25, 0.3) is 11.0 Å². The molecule has 0 aliphatic carbocycles. The summed E-state index contributed by atoms with van der Waals surface area (Å²) in [4.78, 5) is 2.28. The fraction of sp³-hybridized carbons (Fsp3) is 0.467. The summed E-state index contributed by atoms with van der Waals surface area (Å²) in [6.45, 7) is 6.85. The number of para-hydroxylation sites is 1. The Labute approximate surface area is 109 Å². The number of nitrogens with two attached hydrogens (primary N) is 1. The third-order valence-corrected chi connectivity index (χ3v) is 3.08. The van der Waals surface area contributed by atoms with Gasteiger partial charge < -0.3 is 10.2 Å². The van der Waals surface area contributed by atoms with Gasteiger partial charge in [-0.25, -0.2) is 0 Å². The van der Waals surface area contributed by atoms with Crippen molar-refractivity contribution in [2.75, 3.05) is 13.6 Å². The van der Waals surface area contributed by atoms with Gasteiger partial charge in [-0.05, 0) is 19.0 Å². The lowest BCUT2D eigenvalue weighted by Gasteiger charge is -2.18. The predicted octanol–water partition coefficient (Wildman–Crippen LogP) is 2.98. The number of fused-ring (bicyclic) bond motifs is 1.